The predicted octanol–water partition coefficient (Wildman–Crippen LogP) is -0.267. The third-order valence-corrected chi connectivity index (χ3v) is 5.22. The minimum Gasteiger partial charge on any atom is -0.481 e. The molecule has 0 spiro atoms. The molecule has 0 amide bonds. The highest BCUT2D eigenvalue weighted by Gasteiger charge is 2.38. The SMILES string of the molecule is O=C(O)C1CCN(S(=O)(=O)N2CCCC2)C1. The van der Waals surface area contributed by atoms with Gasteiger partial charge in [-0.2, -0.15) is 17.0 Å². The molecular formula is C9H16N2O4S. The van der Waals surface area contributed by atoms with E-state index >= 15 is 0 Å². The molecule has 2 saturated heterocycles. The molecule has 2 fully saturated rings. The van der Waals surface area contributed by atoms with E-state index in [1.165, 1.54) is 8.61 Å². The molecule has 1 N–H and O–H groups in total. The Kier molecular flexibility index (Phi) is 3.18. The summed E-state index contributed by atoms with van der Waals surface area (Å²) in [6, 6.07) is 0. The first-order chi connectivity index (χ1) is 7.51. The van der Waals surface area contributed by atoms with Crippen molar-refractivity contribution in [3.63, 3.8) is 0 Å². The Morgan fingerprint density at radius 3 is 2.25 bits per heavy atom. The number of nitrogens with zero attached hydrogens (tertiary/aromatic N) is 2. The number of rotatable bonds is 3. The molecule has 1 unspecified atom stereocenters. The number of carbonyl (C=O) groups is 1. The standard InChI is InChI=1S/C9H16N2O4S/c12-9(13)8-3-6-11(7-8)16(14,15)10-4-1-2-5-10/h8H,1-7H2,(H,12,13). The van der Waals surface area contributed by atoms with Crippen LogP contribution in [-0.2, 0) is 15.0 Å². The van der Waals surface area contributed by atoms with E-state index in [4.69, 9.17) is 5.11 Å². The van der Waals surface area contributed by atoms with Crippen molar-refractivity contribution >= 4 is 16.2 Å². The van der Waals surface area contributed by atoms with Crippen molar-refractivity contribution in [3.8, 4) is 0 Å². The molecule has 0 radical (unpaired) electrons. The predicted molar refractivity (Wildman–Crippen MR) is 57.0 cm³/mol. The molecule has 7 heteroatoms. The lowest BCUT2D eigenvalue weighted by molar-refractivity contribution is -0.141. The monoisotopic (exact) mass is 248 g/mol. The van der Waals surface area contributed by atoms with E-state index in [1.54, 1.807) is 0 Å². The van der Waals surface area contributed by atoms with Crippen LogP contribution in [-0.4, -0.2) is 54.3 Å². The van der Waals surface area contributed by atoms with Gasteiger partial charge >= 0.3 is 5.97 Å². The van der Waals surface area contributed by atoms with Crippen LogP contribution in [0.3, 0.4) is 0 Å². The lowest BCUT2D eigenvalue weighted by Crippen LogP contribution is -2.41. The third-order valence-electron chi connectivity index (χ3n) is 3.22. The van der Waals surface area contributed by atoms with Gasteiger partial charge in [0.25, 0.3) is 10.2 Å². The molecule has 0 aromatic carbocycles. The van der Waals surface area contributed by atoms with Gasteiger partial charge in [0, 0.05) is 26.2 Å². The lowest BCUT2D eigenvalue weighted by Gasteiger charge is -2.23. The molecule has 0 aliphatic carbocycles. The zero-order valence-electron chi connectivity index (χ0n) is 9.00. The van der Waals surface area contributed by atoms with E-state index in [9.17, 15) is 13.2 Å². The summed E-state index contributed by atoms with van der Waals surface area (Å²) in [4.78, 5) is 10.8. The normalized spacial score (nSPS) is 28.6. The molecule has 0 aromatic heterocycles. The smallest absolute Gasteiger partial charge is 0.307 e. The van der Waals surface area contributed by atoms with Gasteiger partial charge in [-0.05, 0) is 19.3 Å². The van der Waals surface area contributed by atoms with Gasteiger partial charge in [0.2, 0.25) is 0 Å². The minimum absolute atomic E-state index is 0.119. The molecular weight excluding hydrogens is 232 g/mol. The molecule has 92 valence electrons. The van der Waals surface area contributed by atoms with E-state index in [0.29, 0.717) is 26.1 Å². The molecule has 0 saturated carbocycles. The van der Waals surface area contributed by atoms with Crippen LogP contribution in [0.5, 0.6) is 0 Å². The second-order valence-corrected chi connectivity index (χ2v) is 6.22. The second-order valence-electron chi connectivity index (χ2n) is 4.30. The zero-order valence-corrected chi connectivity index (χ0v) is 9.82. The van der Waals surface area contributed by atoms with Gasteiger partial charge in [0.15, 0.2) is 0 Å². The Labute approximate surface area is 95.0 Å². The maximum absolute atomic E-state index is 12.1. The Morgan fingerprint density at radius 1 is 1.12 bits per heavy atom. The summed E-state index contributed by atoms with van der Waals surface area (Å²) in [5, 5.41) is 8.83. The molecule has 16 heavy (non-hydrogen) atoms. The molecule has 0 bridgehead atoms. The van der Waals surface area contributed by atoms with Crippen LogP contribution in [0.1, 0.15) is 19.3 Å². The number of hydrogen-bond acceptors (Lipinski definition) is 3. The van der Waals surface area contributed by atoms with Crippen LogP contribution in [0.25, 0.3) is 0 Å². The van der Waals surface area contributed by atoms with Crippen molar-refractivity contribution < 1.29 is 18.3 Å². The van der Waals surface area contributed by atoms with E-state index in [-0.39, 0.29) is 6.54 Å². The molecule has 6 nitrogen and oxygen atoms in total. The fraction of sp³-hybridized carbons (Fsp3) is 0.889. The Morgan fingerprint density at radius 2 is 1.75 bits per heavy atom. The summed E-state index contributed by atoms with van der Waals surface area (Å²) in [7, 11) is -3.40. The largest absolute Gasteiger partial charge is 0.481 e. The van der Waals surface area contributed by atoms with E-state index in [2.05, 4.69) is 0 Å². The zero-order chi connectivity index (χ0) is 11.8. The number of hydrogen-bond donors (Lipinski definition) is 1. The van der Waals surface area contributed by atoms with Gasteiger partial charge in [-0.15, -0.1) is 0 Å². The average molecular weight is 248 g/mol. The fourth-order valence-corrected chi connectivity index (χ4v) is 3.97. The first kappa shape index (κ1) is 11.8. The summed E-state index contributed by atoms with van der Waals surface area (Å²) in [5.41, 5.74) is 0. The number of aliphatic carboxylic acids is 1. The van der Waals surface area contributed by atoms with Gasteiger partial charge in [0.05, 0.1) is 5.92 Å². The van der Waals surface area contributed by atoms with Gasteiger partial charge in [-0.3, -0.25) is 4.79 Å². The van der Waals surface area contributed by atoms with Crippen LogP contribution in [0.15, 0.2) is 0 Å². The highest BCUT2D eigenvalue weighted by Crippen LogP contribution is 2.23. The van der Waals surface area contributed by atoms with E-state index in [0.717, 1.165) is 12.8 Å². The summed E-state index contributed by atoms with van der Waals surface area (Å²) < 4.78 is 26.9. The fourth-order valence-electron chi connectivity index (χ4n) is 2.22. The van der Waals surface area contributed by atoms with E-state index < -0.39 is 22.1 Å². The topological polar surface area (TPSA) is 77.9 Å². The molecule has 1 atom stereocenters. The summed E-state index contributed by atoms with van der Waals surface area (Å²) in [6.45, 7) is 1.58. The average Bonchev–Trinajstić information content (AvgIpc) is 2.90. The maximum Gasteiger partial charge on any atom is 0.307 e. The van der Waals surface area contributed by atoms with Crippen molar-refractivity contribution in [2.24, 2.45) is 5.92 Å². The van der Waals surface area contributed by atoms with Crippen LogP contribution < -0.4 is 0 Å². The van der Waals surface area contributed by atoms with Gasteiger partial charge < -0.3 is 5.11 Å². The first-order valence-corrected chi connectivity index (χ1v) is 6.89. The van der Waals surface area contributed by atoms with Crippen molar-refractivity contribution in [2.75, 3.05) is 26.2 Å². The molecule has 0 aromatic rings. The molecule has 2 heterocycles. The van der Waals surface area contributed by atoms with Gasteiger partial charge in [-0.1, -0.05) is 0 Å². The lowest BCUT2D eigenvalue weighted by atomic mass is 10.1. The van der Waals surface area contributed by atoms with E-state index in [1.807, 2.05) is 0 Å². The van der Waals surface area contributed by atoms with Gasteiger partial charge in [-0.25, -0.2) is 0 Å². The van der Waals surface area contributed by atoms with Gasteiger partial charge in [0.1, 0.15) is 0 Å². The number of carboxylic acid groups (broad SMARTS) is 1. The van der Waals surface area contributed by atoms with Crippen molar-refractivity contribution in [1.82, 2.24) is 8.61 Å². The Hall–Kier alpha value is -0.660. The summed E-state index contributed by atoms with van der Waals surface area (Å²) in [5.74, 6) is -1.45. The highest BCUT2D eigenvalue weighted by molar-refractivity contribution is 7.86. The molecule has 2 aliphatic rings. The van der Waals surface area contributed by atoms with Crippen molar-refractivity contribution in [1.29, 1.82) is 0 Å². The minimum atomic E-state index is -3.40. The molecule has 2 rings (SSSR count). The molecule has 2 aliphatic heterocycles. The van der Waals surface area contributed by atoms with Crippen LogP contribution in [0, 0.1) is 5.92 Å². The summed E-state index contributed by atoms with van der Waals surface area (Å²) >= 11 is 0. The third kappa shape index (κ3) is 2.07. The second kappa shape index (κ2) is 4.31. The Balaban J connectivity index is 2.05. The first-order valence-electron chi connectivity index (χ1n) is 5.50. The van der Waals surface area contributed by atoms with Crippen LogP contribution in [0.2, 0.25) is 0 Å². The van der Waals surface area contributed by atoms with Crippen LogP contribution >= 0.6 is 0 Å². The Bertz CT molecular complexity index is 375. The highest BCUT2D eigenvalue weighted by atomic mass is 32.2. The number of carboxylic acids is 1. The maximum atomic E-state index is 12.1. The quantitative estimate of drug-likeness (QED) is 0.746. The van der Waals surface area contributed by atoms with Crippen LogP contribution in [0.4, 0.5) is 0 Å². The van der Waals surface area contributed by atoms with Crippen molar-refractivity contribution in [3.05, 3.63) is 0 Å². The van der Waals surface area contributed by atoms with Crippen molar-refractivity contribution in [2.45, 2.75) is 19.3 Å². The summed E-state index contributed by atoms with van der Waals surface area (Å²) in [6.07, 6.45) is 2.22.